The van der Waals surface area contributed by atoms with Crippen molar-refractivity contribution in [2.24, 2.45) is 0 Å². The molecule has 0 bridgehead atoms. The van der Waals surface area contributed by atoms with E-state index in [1.54, 1.807) is 0 Å². The topological polar surface area (TPSA) is 37.3 Å². The fourth-order valence-corrected chi connectivity index (χ4v) is 0.928. The van der Waals surface area contributed by atoms with Gasteiger partial charge in [-0.1, -0.05) is 31.2 Å². The van der Waals surface area contributed by atoms with Crippen molar-refractivity contribution in [3.8, 4) is 0 Å². The average molecular weight is 182 g/mol. The monoisotopic (exact) mass is 182 g/mol. The molecule has 0 spiro atoms. The highest BCUT2D eigenvalue weighted by Crippen LogP contribution is 2.00. The summed E-state index contributed by atoms with van der Waals surface area (Å²) in [6.07, 6.45) is 12.3. The van der Waals surface area contributed by atoms with Crippen LogP contribution in [0.5, 0.6) is 0 Å². The first-order chi connectivity index (χ1) is 6.27. The lowest BCUT2D eigenvalue weighted by molar-refractivity contribution is -0.137. The molecule has 0 heterocycles. The third-order valence-electron chi connectivity index (χ3n) is 1.63. The number of hydrogen-bond donors (Lipinski definition) is 1. The average Bonchev–Trinajstić information content (AvgIpc) is 2.09. The maximum absolute atomic E-state index is 10.1. The van der Waals surface area contributed by atoms with Gasteiger partial charge in [0.25, 0.3) is 0 Å². The molecule has 2 nitrogen and oxygen atoms in total. The second-order valence-electron chi connectivity index (χ2n) is 2.90. The van der Waals surface area contributed by atoms with E-state index in [0.29, 0.717) is 6.42 Å². The summed E-state index contributed by atoms with van der Waals surface area (Å²) in [4.78, 5) is 10.1. The Morgan fingerprint density at radius 1 is 1.23 bits per heavy atom. The van der Waals surface area contributed by atoms with E-state index in [9.17, 15) is 4.79 Å². The first-order valence-electron chi connectivity index (χ1n) is 4.80. The summed E-state index contributed by atoms with van der Waals surface area (Å²) in [7, 11) is 0. The first-order valence-corrected chi connectivity index (χ1v) is 4.80. The van der Waals surface area contributed by atoms with Crippen molar-refractivity contribution in [2.45, 2.75) is 39.0 Å². The van der Waals surface area contributed by atoms with Gasteiger partial charge in [-0.3, -0.25) is 4.79 Å². The van der Waals surface area contributed by atoms with E-state index >= 15 is 0 Å². The Bertz CT molecular complexity index is 181. The molecule has 0 amide bonds. The van der Waals surface area contributed by atoms with Crippen LogP contribution in [0.15, 0.2) is 24.3 Å². The molecule has 0 aromatic carbocycles. The van der Waals surface area contributed by atoms with Gasteiger partial charge in [0.2, 0.25) is 0 Å². The van der Waals surface area contributed by atoms with Crippen molar-refractivity contribution < 1.29 is 9.90 Å². The number of carboxylic acids is 1. The van der Waals surface area contributed by atoms with Gasteiger partial charge in [0.15, 0.2) is 0 Å². The number of carboxylic acid groups (broad SMARTS) is 1. The molecule has 1 N–H and O–H groups in total. The lowest BCUT2D eigenvalue weighted by Gasteiger charge is -1.91. The SMILES string of the molecule is CCC=CC=CCCCCC(=O)O. The lowest BCUT2D eigenvalue weighted by Crippen LogP contribution is -1.92. The molecule has 0 aromatic heterocycles. The van der Waals surface area contributed by atoms with Crippen molar-refractivity contribution in [1.82, 2.24) is 0 Å². The molecular formula is C11H18O2. The Morgan fingerprint density at radius 2 is 1.92 bits per heavy atom. The molecule has 0 rings (SSSR count). The molecule has 0 aromatic rings. The van der Waals surface area contributed by atoms with E-state index < -0.39 is 5.97 Å². The number of rotatable bonds is 7. The Balaban J connectivity index is 3.20. The minimum Gasteiger partial charge on any atom is -0.481 e. The van der Waals surface area contributed by atoms with Crippen LogP contribution in [-0.2, 0) is 4.79 Å². The lowest BCUT2D eigenvalue weighted by atomic mass is 10.2. The van der Waals surface area contributed by atoms with Crippen molar-refractivity contribution in [2.75, 3.05) is 0 Å². The second-order valence-corrected chi connectivity index (χ2v) is 2.90. The predicted octanol–water partition coefficient (Wildman–Crippen LogP) is 3.15. The Hall–Kier alpha value is -1.05. The van der Waals surface area contributed by atoms with Gasteiger partial charge in [0.1, 0.15) is 0 Å². The second kappa shape index (κ2) is 9.04. The summed E-state index contributed by atoms with van der Waals surface area (Å²) >= 11 is 0. The molecule has 0 fully saturated rings. The molecule has 0 saturated carbocycles. The van der Waals surface area contributed by atoms with Crippen LogP contribution >= 0.6 is 0 Å². The van der Waals surface area contributed by atoms with Crippen LogP contribution < -0.4 is 0 Å². The zero-order chi connectivity index (χ0) is 9.94. The van der Waals surface area contributed by atoms with Crippen LogP contribution in [0, 0.1) is 0 Å². The van der Waals surface area contributed by atoms with E-state index in [0.717, 1.165) is 25.7 Å². The quantitative estimate of drug-likeness (QED) is 0.485. The molecule has 0 aliphatic rings. The molecule has 0 atom stereocenters. The highest BCUT2D eigenvalue weighted by atomic mass is 16.4. The van der Waals surface area contributed by atoms with Crippen LogP contribution in [0.1, 0.15) is 39.0 Å². The van der Waals surface area contributed by atoms with Gasteiger partial charge in [-0.15, -0.1) is 0 Å². The highest BCUT2D eigenvalue weighted by molar-refractivity contribution is 5.66. The molecule has 2 heteroatoms. The third-order valence-corrected chi connectivity index (χ3v) is 1.63. The molecule has 0 saturated heterocycles. The largest absolute Gasteiger partial charge is 0.481 e. The fourth-order valence-electron chi connectivity index (χ4n) is 0.928. The minimum absolute atomic E-state index is 0.290. The molecule has 74 valence electrons. The normalized spacial score (nSPS) is 11.5. The highest BCUT2D eigenvalue weighted by Gasteiger charge is 1.93. The van der Waals surface area contributed by atoms with Crippen LogP contribution in [0.25, 0.3) is 0 Å². The fraction of sp³-hybridized carbons (Fsp3) is 0.545. The van der Waals surface area contributed by atoms with Crippen molar-refractivity contribution in [1.29, 1.82) is 0 Å². The molecular weight excluding hydrogens is 164 g/mol. The smallest absolute Gasteiger partial charge is 0.303 e. The van der Waals surface area contributed by atoms with Gasteiger partial charge in [0.05, 0.1) is 0 Å². The predicted molar refractivity (Wildman–Crippen MR) is 54.7 cm³/mol. The maximum Gasteiger partial charge on any atom is 0.303 e. The van der Waals surface area contributed by atoms with Gasteiger partial charge < -0.3 is 5.11 Å². The van der Waals surface area contributed by atoms with Gasteiger partial charge in [-0.2, -0.15) is 0 Å². The summed E-state index contributed by atoms with van der Waals surface area (Å²) in [6.45, 7) is 2.09. The summed E-state index contributed by atoms with van der Waals surface area (Å²) in [6, 6.07) is 0. The summed E-state index contributed by atoms with van der Waals surface area (Å²) in [5.74, 6) is -0.699. The Kier molecular flexibility index (Phi) is 8.31. The van der Waals surface area contributed by atoms with Gasteiger partial charge >= 0.3 is 5.97 Å². The first kappa shape index (κ1) is 11.9. The maximum atomic E-state index is 10.1. The number of hydrogen-bond acceptors (Lipinski definition) is 1. The third kappa shape index (κ3) is 10.9. The van der Waals surface area contributed by atoms with Crippen LogP contribution in [-0.4, -0.2) is 11.1 Å². The van der Waals surface area contributed by atoms with E-state index in [-0.39, 0.29) is 0 Å². The standard InChI is InChI=1S/C11H18O2/c1-2-3-4-5-6-7-8-9-10-11(12)13/h3-6H,2,7-10H2,1H3,(H,12,13). The molecule has 0 aliphatic carbocycles. The molecule has 0 radical (unpaired) electrons. The summed E-state index contributed by atoms with van der Waals surface area (Å²) in [5.41, 5.74) is 0. The number of carbonyl (C=O) groups is 1. The van der Waals surface area contributed by atoms with Crippen molar-refractivity contribution in [3.05, 3.63) is 24.3 Å². The van der Waals surface area contributed by atoms with E-state index in [1.165, 1.54) is 0 Å². The van der Waals surface area contributed by atoms with E-state index in [2.05, 4.69) is 19.1 Å². The van der Waals surface area contributed by atoms with Gasteiger partial charge in [-0.25, -0.2) is 0 Å². The van der Waals surface area contributed by atoms with Crippen LogP contribution in [0.4, 0.5) is 0 Å². The zero-order valence-electron chi connectivity index (χ0n) is 8.20. The van der Waals surface area contributed by atoms with Crippen molar-refractivity contribution >= 4 is 5.97 Å². The summed E-state index contributed by atoms with van der Waals surface area (Å²) < 4.78 is 0. The number of allylic oxidation sites excluding steroid dienone is 4. The van der Waals surface area contributed by atoms with Crippen molar-refractivity contribution in [3.63, 3.8) is 0 Å². The minimum atomic E-state index is -0.699. The van der Waals surface area contributed by atoms with E-state index in [4.69, 9.17) is 5.11 Å². The number of aliphatic carboxylic acids is 1. The summed E-state index contributed by atoms with van der Waals surface area (Å²) in [5, 5.41) is 8.36. The van der Waals surface area contributed by atoms with E-state index in [1.807, 2.05) is 12.2 Å². The molecule has 0 aliphatic heterocycles. The van der Waals surface area contributed by atoms with Gasteiger partial charge in [0, 0.05) is 6.42 Å². The van der Waals surface area contributed by atoms with Crippen LogP contribution in [0.3, 0.4) is 0 Å². The number of unbranched alkanes of at least 4 members (excludes halogenated alkanes) is 2. The zero-order valence-corrected chi connectivity index (χ0v) is 8.20. The Morgan fingerprint density at radius 3 is 2.54 bits per heavy atom. The van der Waals surface area contributed by atoms with Gasteiger partial charge in [-0.05, 0) is 25.7 Å². The van der Waals surface area contributed by atoms with Crippen LogP contribution in [0.2, 0.25) is 0 Å². The molecule has 13 heavy (non-hydrogen) atoms. The molecule has 0 unspecified atom stereocenters. The Labute approximate surface area is 80.0 Å².